The summed E-state index contributed by atoms with van der Waals surface area (Å²) < 4.78 is 6.50. The standard InChI is InChI=1S/C21H17ClN4O4S/c1-11-8-16-17(10-15(11)22)31-21(23-16)24-18(27)6-7-30-13-4-2-12(3-5-13)9-14-19(28)25-26-20(14)29/h2-5,8-10H,6-7H2,1H3,(H,25,28)(H,26,29)(H,23,24,27). The number of nitrogens with zero attached hydrogens (tertiary/aromatic N) is 1. The van der Waals surface area contributed by atoms with Gasteiger partial charge in [0.2, 0.25) is 5.91 Å². The highest BCUT2D eigenvalue weighted by Gasteiger charge is 2.24. The first-order valence-corrected chi connectivity index (χ1v) is 10.5. The first kappa shape index (κ1) is 20.8. The van der Waals surface area contributed by atoms with E-state index in [-0.39, 0.29) is 24.5 Å². The number of hydrazine groups is 1. The molecule has 0 atom stereocenters. The number of benzene rings is 2. The molecule has 158 valence electrons. The summed E-state index contributed by atoms with van der Waals surface area (Å²) in [5.74, 6) is -0.577. The van der Waals surface area contributed by atoms with Crippen molar-refractivity contribution in [1.29, 1.82) is 0 Å². The second-order valence-electron chi connectivity index (χ2n) is 6.77. The number of amides is 3. The molecular weight excluding hydrogens is 440 g/mol. The monoisotopic (exact) mass is 456 g/mol. The Bertz CT molecular complexity index is 1160. The van der Waals surface area contributed by atoms with E-state index in [1.165, 1.54) is 17.4 Å². The second kappa shape index (κ2) is 8.75. The first-order valence-electron chi connectivity index (χ1n) is 9.31. The van der Waals surface area contributed by atoms with Crippen LogP contribution in [0.4, 0.5) is 5.13 Å². The Hall–Kier alpha value is -3.43. The van der Waals surface area contributed by atoms with Crippen molar-refractivity contribution in [2.75, 3.05) is 11.9 Å². The Morgan fingerprint density at radius 2 is 1.90 bits per heavy atom. The first-order chi connectivity index (χ1) is 14.9. The van der Waals surface area contributed by atoms with E-state index in [0.29, 0.717) is 21.5 Å². The molecule has 1 aliphatic heterocycles. The van der Waals surface area contributed by atoms with E-state index in [9.17, 15) is 14.4 Å². The summed E-state index contributed by atoms with van der Waals surface area (Å²) in [5.41, 5.74) is 6.92. The molecule has 1 aliphatic rings. The number of halogens is 1. The SMILES string of the molecule is Cc1cc2nc(NC(=O)CCOc3ccc(C=C4C(=O)NNC4=O)cc3)sc2cc1Cl. The Kier molecular flexibility index (Phi) is 5.88. The molecule has 3 N–H and O–H groups in total. The molecule has 0 saturated carbocycles. The van der Waals surface area contributed by atoms with Crippen molar-refractivity contribution in [3.05, 3.63) is 58.1 Å². The molecule has 0 spiro atoms. The predicted octanol–water partition coefficient (Wildman–Crippen LogP) is 3.21. The minimum atomic E-state index is -0.470. The molecule has 0 bridgehead atoms. The number of thiazole rings is 1. The molecule has 8 nitrogen and oxygen atoms in total. The van der Waals surface area contributed by atoms with Crippen molar-refractivity contribution in [3.8, 4) is 5.75 Å². The average molecular weight is 457 g/mol. The Labute approximate surface area is 186 Å². The minimum absolute atomic E-state index is 0.0395. The number of aryl methyl sites for hydroxylation is 1. The van der Waals surface area contributed by atoms with Gasteiger partial charge in [0, 0.05) is 5.02 Å². The lowest BCUT2D eigenvalue weighted by molar-refractivity contribution is -0.118. The number of nitrogens with one attached hydrogen (secondary N) is 3. The molecule has 2 aromatic carbocycles. The molecule has 1 saturated heterocycles. The van der Waals surface area contributed by atoms with Crippen LogP contribution in [-0.4, -0.2) is 29.3 Å². The molecule has 31 heavy (non-hydrogen) atoms. The summed E-state index contributed by atoms with van der Waals surface area (Å²) in [6.45, 7) is 2.09. The van der Waals surface area contributed by atoms with Gasteiger partial charge >= 0.3 is 0 Å². The van der Waals surface area contributed by atoms with Crippen LogP contribution in [0.25, 0.3) is 16.3 Å². The van der Waals surface area contributed by atoms with Crippen molar-refractivity contribution in [3.63, 3.8) is 0 Å². The molecule has 0 unspecified atom stereocenters. The smallest absolute Gasteiger partial charge is 0.275 e. The highest BCUT2D eigenvalue weighted by atomic mass is 35.5. The van der Waals surface area contributed by atoms with E-state index in [1.54, 1.807) is 24.3 Å². The summed E-state index contributed by atoms with van der Waals surface area (Å²) >= 11 is 7.49. The van der Waals surface area contributed by atoms with Gasteiger partial charge in [-0.05, 0) is 48.4 Å². The normalized spacial score (nSPS) is 13.2. The summed E-state index contributed by atoms with van der Waals surface area (Å²) in [5, 5.41) is 3.96. The third kappa shape index (κ3) is 4.84. The van der Waals surface area contributed by atoms with E-state index in [1.807, 2.05) is 19.1 Å². The van der Waals surface area contributed by atoms with Crippen molar-refractivity contribution in [2.24, 2.45) is 0 Å². The van der Waals surface area contributed by atoms with Crippen LogP contribution in [0.5, 0.6) is 5.75 Å². The average Bonchev–Trinajstić information content (AvgIpc) is 3.26. The van der Waals surface area contributed by atoms with Crippen LogP contribution in [0.1, 0.15) is 17.5 Å². The molecule has 10 heteroatoms. The molecule has 4 rings (SSSR count). The van der Waals surface area contributed by atoms with Gasteiger partial charge in [0.25, 0.3) is 11.8 Å². The number of carbonyl (C=O) groups is 3. The Morgan fingerprint density at radius 3 is 2.61 bits per heavy atom. The van der Waals surface area contributed by atoms with Crippen molar-refractivity contribution in [1.82, 2.24) is 15.8 Å². The second-order valence-corrected chi connectivity index (χ2v) is 8.21. The van der Waals surface area contributed by atoms with Gasteiger partial charge in [-0.2, -0.15) is 0 Å². The molecule has 1 aromatic heterocycles. The third-order valence-corrected chi connectivity index (χ3v) is 5.82. The van der Waals surface area contributed by atoms with Crippen molar-refractivity contribution < 1.29 is 19.1 Å². The van der Waals surface area contributed by atoms with Gasteiger partial charge in [-0.1, -0.05) is 35.1 Å². The zero-order valence-corrected chi connectivity index (χ0v) is 17.9. The van der Waals surface area contributed by atoms with Gasteiger partial charge in [-0.3, -0.25) is 25.2 Å². The van der Waals surface area contributed by atoms with E-state index in [0.717, 1.165) is 15.8 Å². The molecule has 0 radical (unpaired) electrons. The van der Waals surface area contributed by atoms with Crippen LogP contribution >= 0.6 is 22.9 Å². The minimum Gasteiger partial charge on any atom is -0.493 e. The molecule has 1 fully saturated rings. The van der Waals surface area contributed by atoms with Gasteiger partial charge < -0.3 is 10.1 Å². The number of anilines is 1. The fraction of sp³-hybridized carbons (Fsp3) is 0.143. The number of fused-ring (bicyclic) bond motifs is 1. The molecular formula is C21H17ClN4O4S. The van der Waals surface area contributed by atoms with Crippen molar-refractivity contribution in [2.45, 2.75) is 13.3 Å². The van der Waals surface area contributed by atoms with Crippen LogP contribution in [0.2, 0.25) is 5.02 Å². The Morgan fingerprint density at radius 1 is 1.19 bits per heavy atom. The van der Waals surface area contributed by atoms with Crippen LogP contribution in [0.3, 0.4) is 0 Å². The summed E-state index contributed by atoms with van der Waals surface area (Å²) in [6, 6.07) is 10.6. The number of ether oxygens (including phenoxy) is 1. The van der Waals surface area contributed by atoms with E-state index in [2.05, 4.69) is 21.2 Å². The predicted molar refractivity (Wildman–Crippen MR) is 119 cm³/mol. The van der Waals surface area contributed by atoms with Crippen LogP contribution in [-0.2, 0) is 14.4 Å². The summed E-state index contributed by atoms with van der Waals surface area (Å²) in [4.78, 5) is 39.7. The molecule has 0 aliphatic carbocycles. The zero-order valence-electron chi connectivity index (χ0n) is 16.3. The quantitative estimate of drug-likeness (QED) is 0.390. The van der Waals surface area contributed by atoms with E-state index < -0.39 is 11.8 Å². The lowest BCUT2D eigenvalue weighted by Crippen LogP contribution is -2.28. The van der Waals surface area contributed by atoms with Crippen molar-refractivity contribution >= 4 is 62.1 Å². The fourth-order valence-electron chi connectivity index (χ4n) is 2.86. The number of aromatic nitrogens is 1. The zero-order chi connectivity index (χ0) is 22.0. The van der Waals surface area contributed by atoms with E-state index in [4.69, 9.17) is 16.3 Å². The van der Waals surface area contributed by atoms with Gasteiger partial charge in [-0.25, -0.2) is 4.98 Å². The maximum Gasteiger partial charge on any atom is 0.275 e. The number of carbonyl (C=O) groups excluding carboxylic acids is 3. The summed E-state index contributed by atoms with van der Waals surface area (Å²) in [6.07, 6.45) is 1.64. The highest BCUT2D eigenvalue weighted by molar-refractivity contribution is 7.22. The lowest BCUT2D eigenvalue weighted by Gasteiger charge is -2.06. The van der Waals surface area contributed by atoms with Gasteiger partial charge in [0.05, 0.1) is 23.2 Å². The van der Waals surface area contributed by atoms with Gasteiger partial charge in [0.15, 0.2) is 5.13 Å². The maximum absolute atomic E-state index is 12.2. The number of rotatable bonds is 6. The lowest BCUT2D eigenvalue weighted by atomic mass is 10.1. The largest absolute Gasteiger partial charge is 0.493 e. The molecule has 2 heterocycles. The van der Waals surface area contributed by atoms with E-state index >= 15 is 0 Å². The van der Waals surface area contributed by atoms with Crippen LogP contribution < -0.4 is 20.9 Å². The maximum atomic E-state index is 12.2. The third-order valence-electron chi connectivity index (χ3n) is 4.48. The topological polar surface area (TPSA) is 109 Å². The highest BCUT2D eigenvalue weighted by Crippen LogP contribution is 2.30. The van der Waals surface area contributed by atoms with Crippen LogP contribution in [0, 0.1) is 6.92 Å². The Balaban J connectivity index is 1.29. The molecule has 3 amide bonds. The molecule has 3 aromatic rings. The number of hydrogen-bond donors (Lipinski definition) is 3. The van der Waals surface area contributed by atoms with Crippen LogP contribution in [0.15, 0.2) is 42.0 Å². The summed E-state index contributed by atoms with van der Waals surface area (Å²) in [7, 11) is 0. The number of hydrogen-bond acceptors (Lipinski definition) is 6. The van der Waals surface area contributed by atoms with Gasteiger partial charge in [0.1, 0.15) is 11.3 Å². The fourth-order valence-corrected chi connectivity index (χ4v) is 3.99. The van der Waals surface area contributed by atoms with Gasteiger partial charge in [-0.15, -0.1) is 0 Å².